The number of fused-ring (bicyclic) bond motifs is 1. The number of rotatable bonds is 5. The highest BCUT2D eigenvalue weighted by Gasteiger charge is 2.28. The molecule has 1 aliphatic heterocycles. The molecule has 0 unspecified atom stereocenters. The summed E-state index contributed by atoms with van der Waals surface area (Å²) in [6.45, 7) is 2.79. The number of aromatic nitrogens is 3. The second-order valence-electron chi connectivity index (χ2n) is 8.02. The molecule has 0 amide bonds. The van der Waals surface area contributed by atoms with Gasteiger partial charge in [0, 0.05) is 43.3 Å². The van der Waals surface area contributed by atoms with Crippen LogP contribution in [0.5, 0.6) is 0 Å². The second kappa shape index (κ2) is 6.93. The molecule has 3 heterocycles. The number of carbonyl (C=O) groups is 1. The summed E-state index contributed by atoms with van der Waals surface area (Å²) < 4.78 is 2.32. The number of pyridine rings is 1. The maximum absolute atomic E-state index is 11.8. The molecule has 0 spiro atoms. The van der Waals surface area contributed by atoms with Gasteiger partial charge in [-0.15, -0.1) is 0 Å². The number of carboxylic acid groups (broad SMARTS) is 1. The fourth-order valence-electron chi connectivity index (χ4n) is 4.31. The van der Waals surface area contributed by atoms with Crippen LogP contribution in [0, 0.1) is 5.92 Å². The molecule has 28 heavy (non-hydrogen) atoms. The summed E-state index contributed by atoms with van der Waals surface area (Å²) >= 11 is 0. The predicted molar refractivity (Wildman–Crippen MR) is 108 cm³/mol. The molecule has 3 aromatic rings. The van der Waals surface area contributed by atoms with Crippen molar-refractivity contribution in [3.05, 3.63) is 54.1 Å². The molecule has 2 fully saturated rings. The number of nitrogens with zero attached hydrogens (tertiary/aromatic N) is 4. The van der Waals surface area contributed by atoms with E-state index in [0.717, 1.165) is 55.6 Å². The van der Waals surface area contributed by atoms with Crippen molar-refractivity contribution in [2.24, 2.45) is 5.92 Å². The molecule has 0 radical (unpaired) electrons. The number of benzene rings is 1. The monoisotopic (exact) mass is 376 g/mol. The van der Waals surface area contributed by atoms with Crippen LogP contribution in [-0.4, -0.2) is 38.7 Å². The van der Waals surface area contributed by atoms with Crippen LogP contribution < -0.4 is 4.90 Å². The van der Waals surface area contributed by atoms with Crippen LogP contribution in [0.4, 0.5) is 5.82 Å². The minimum Gasteiger partial charge on any atom is -0.478 e. The van der Waals surface area contributed by atoms with Gasteiger partial charge in [-0.1, -0.05) is 18.2 Å². The van der Waals surface area contributed by atoms with Crippen molar-refractivity contribution in [1.29, 1.82) is 0 Å². The summed E-state index contributed by atoms with van der Waals surface area (Å²) in [6.07, 6.45) is 8.83. The van der Waals surface area contributed by atoms with Crippen molar-refractivity contribution in [3.63, 3.8) is 0 Å². The van der Waals surface area contributed by atoms with E-state index in [1.165, 1.54) is 12.8 Å². The van der Waals surface area contributed by atoms with Gasteiger partial charge in [0.15, 0.2) is 0 Å². The zero-order valence-electron chi connectivity index (χ0n) is 15.8. The predicted octanol–water partition coefficient (Wildman–Crippen LogP) is 3.92. The van der Waals surface area contributed by atoms with Crippen LogP contribution in [0.3, 0.4) is 0 Å². The third-order valence-electron chi connectivity index (χ3n) is 5.94. The standard InChI is InChI=1S/C22H24N4O2/c27-22(28)18-12-20(24-19-6-2-1-5-17(18)19)25-10-3-4-16(14-25)21-23-9-11-26(21)13-15-7-8-15/h1-2,5-6,9,11-12,15-16H,3-4,7-8,10,13-14H2,(H,27,28)/t16-/m0/s1. The van der Waals surface area contributed by atoms with E-state index in [1.54, 1.807) is 6.07 Å². The van der Waals surface area contributed by atoms with Gasteiger partial charge in [-0.3, -0.25) is 0 Å². The molecular formula is C22H24N4O2. The Kier molecular flexibility index (Phi) is 4.26. The maximum Gasteiger partial charge on any atom is 0.336 e. The molecule has 6 nitrogen and oxygen atoms in total. The molecule has 1 saturated carbocycles. The lowest BCUT2D eigenvalue weighted by molar-refractivity contribution is 0.0699. The van der Waals surface area contributed by atoms with Crippen LogP contribution in [0.2, 0.25) is 0 Å². The van der Waals surface area contributed by atoms with Crippen LogP contribution in [0.1, 0.15) is 47.8 Å². The first kappa shape index (κ1) is 17.2. The molecule has 1 atom stereocenters. The van der Waals surface area contributed by atoms with E-state index in [4.69, 9.17) is 4.98 Å². The van der Waals surface area contributed by atoms with E-state index in [9.17, 15) is 9.90 Å². The Balaban J connectivity index is 1.45. The summed E-state index contributed by atoms with van der Waals surface area (Å²) in [7, 11) is 0. The molecule has 0 bridgehead atoms. The Morgan fingerprint density at radius 3 is 2.89 bits per heavy atom. The minimum atomic E-state index is -0.909. The number of imidazole rings is 1. The summed E-state index contributed by atoms with van der Waals surface area (Å²) in [4.78, 5) is 23.5. The average Bonchev–Trinajstić information content (AvgIpc) is 3.42. The number of hydrogen-bond donors (Lipinski definition) is 1. The largest absolute Gasteiger partial charge is 0.478 e. The normalized spacial score (nSPS) is 19.9. The molecule has 2 aromatic heterocycles. The van der Waals surface area contributed by atoms with Crippen molar-refractivity contribution in [3.8, 4) is 0 Å². The first-order chi connectivity index (χ1) is 13.7. The lowest BCUT2D eigenvalue weighted by Gasteiger charge is -2.34. The van der Waals surface area contributed by atoms with Crippen LogP contribution >= 0.6 is 0 Å². The zero-order chi connectivity index (χ0) is 19.1. The number of carboxylic acids is 1. The Labute approximate surface area is 163 Å². The van der Waals surface area contributed by atoms with E-state index in [-0.39, 0.29) is 0 Å². The Morgan fingerprint density at radius 1 is 1.21 bits per heavy atom. The molecule has 1 aromatic carbocycles. The number of para-hydroxylation sites is 1. The van der Waals surface area contributed by atoms with Gasteiger partial charge < -0.3 is 14.6 Å². The summed E-state index contributed by atoms with van der Waals surface area (Å²) in [5.41, 5.74) is 1.05. The molecule has 6 heteroatoms. The summed E-state index contributed by atoms with van der Waals surface area (Å²) in [5, 5.41) is 10.4. The van der Waals surface area contributed by atoms with Crippen LogP contribution in [0.15, 0.2) is 42.7 Å². The van der Waals surface area contributed by atoms with E-state index in [1.807, 2.05) is 30.5 Å². The second-order valence-corrected chi connectivity index (χ2v) is 8.02. The van der Waals surface area contributed by atoms with Gasteiger partial charge in [-0.05, 0) is 43.7 Å². The van der Waals surface area contributed by atoms with E-state index in [0.29, 0.717) is 16.9 Å². The van der Waals surface area contributed by atoms with E-state index < -0.39 is 5.97 Å². The Hall–Kier alpha value is -2.89. The van der Waals surface area contributed by atoms with Gasteiger partial charge in [0.25, 0.3) is 0 Å². The molecule has 1 N–H and O–H groups in total. The average molecular weight is 376 g/mol. The molecule has 1 aliphatic carbocycles. The van der Waals surface area contributed by atoms with Crippen molar-refractivity contribution in [1.82, 2.24) is 14.5 Å². The molecular weight excluding hydrogens is 352 g/mol. The highest BCUT2D eigenvalue weighted by Crippen LogP contribution is 2.34. The summed E-state index contributed by atoms with van der Waals surface area (Å²) in [6, 6.07) is 9.19. The van der Waals surface area contributed by atoms with Gasteiger partial charge in [0.1, 0.15) is 11.6 Å². The maximum atomic E-state index is 11.8. The van der Waals surface area contributed by atoms with Gasteiger partial charge in [0.2, 0.25) is 0 Å². The first-order valence-electron chi connectivity index (χ1n) is 10.1. The van der Waals surface area contributed by atoms with Gasteiger partial charge >= 0.3 is 5.97 Å². The topological polar surface area (TPSA) is 71.2 Å². The highest BCUT2D eigenvalue weighted by atomic mass is 16.4. The lowest BCUT2D eigenvalue weighted by atomic mass is 9.96. The number of piperidine rings is 1. The van der Waals surface area contributed by atoms with Crippen LogP contribution in [-0.2, 0) is 6.54 Å². The SMILES string of the molecule is O=C(O)c1cc(N2CCC[C@H](c3nccn3CC3CC3)C2)nc2ccccc12. The van der Waals surface area contributed by atoms with Crippen LogP contribution in [0.25, 0.3) is 10.9 Å². The third-order valence-corrected chi connectivity index (χ3v) is 5.94. The molecule has 5 rings (SSSR count). The minimum absolute atomic E-state index is 0.318. The van der Waals surface area contributed by atoms with Crippen molar-refractivity contribution in [2.75, 3.05) is 18.0 Å². The van der Waals surface area contributed by atoms with E-state index in [2.05, 4.69) is 20.6 Å². The number of hydrogen-bond acceptors (Lipinski definition) is 4. The lowest BCUT2D eigenvalue weighted by Crippen LogP contribution is -2.36. The number of anilines is 1. The fraction of sp³-hybridized carbons (Fsp3) is 0.409. The van der Waals surface area contributed by atoms with Crippen molar-refractivity contribution >= 4 is 22.7 Å². The zero-order valence-corrected chi connectivity index (χ0v) is 15.8. The molecule has 144 valence electrons. The highest BCUT2D eigenvalue weighted by molar-refractivity contribution is 6.03. The first-order valence-corrected chi connectivity index (χ1v) is 10.1. The van der Waals surface area contributed by atoms with Gasteiger partial charge in [0.05, 0.1) is 11.1 Å². The van der Waals surface area contributed by atoms with E-state index >= 15 is 0 Å². The molecule has 2 aliphatic rings. The summed E-state index contributed by atoms with van der Waals surface area (Å²) in [5.74, 6) is 2.17. The smallest absolute Gasteiger partial charge is 0.336 e. The van der Waals surface area contributed by atoms with Gasteiger partial charge in [-0.25, -0.2) is 14.8 Å². The Bertz CT molecular complexity index is 1020. The quantitative estimate of drug-likeness (QED) is 0.731. The van der Waals surface area contributed by atoms with Crippen molar-refractivity contribution < 1.29 is 9.90 Å². The fourth-order valence-corrected chi connectivity index (χ4v) is 4.31. The van der Waals surface area contributed by atoms with Gasteiger partial charge in [-0.2, -0.15) is 0 Å². The Morgan fingerprint density at radius 2 is 2.07 bits per heavy atom. The van der Waals surface area contributed by atoms with Crippen molar-refractivity contribution in [2.45, 2.75) is 38.1 Å². The third kappa shape index (κ3) is 3.23. The number of aromatic carboxylic acids is 1. The molecule has 1 saturated heterocycles.